The molecule has 0 aromatic heterocycles. The van der Waals surface area contributed by atoms with Gasteiger partial charge >= 0.3 is 0 Å². The fourth-order valence-corrected chi connectivity index (χ4v) is 4.60. The van der Waals surface area contributed by atoms with E-state index < -0.39 is 34.1 Å². The van der Waals surface area contributed by atoms with Crippen LogP contribution in [0.4, 0.5) is 5.69 Å². The molecular weight excluding hydrogens is 478 g/mol. The fourth-order valence-electron chi connectivity index (χ4n) is 3.76. The van der Waals surface area contributed by atoms with Crippen LogP contribution in [0.5, 0.6) is 0 Å². The van der Waals surface area contributed by atoms with E-state index in [2.05, 4.69) is 5.32 Å². The number of rotatable bonds is 10. The van der Waals surface area contributed by atoms with Gasteiger partial charge in [-0.05, 0) is 58.7 Å². The Balaban J connectivity index is 2.49. The Morgan fingerprint density at radius 3 is 2.14 bits per heavy atom. The number of anilines is 1. The van der Waals surface area contributed by atoms with Gasteiger partial charge < -0.3 is 10.2 Å². The van der Waals surface area contributed by atoms with E-state index in [1.54, 1.807) is 12.1 Å². The Bertz CT molecular complexity index is 1200. The van der Waals surface area contributed by atoms with Gasteiger partial charge in [0.2, 0.25) is 21.8 Å². The highest BCUT2D eigenvalue weighted by Crippen LogP contribution is 2.21. The lowest BCUT2D eigenvalue weighted by Gasteiger charge is -2.34. The number of nitrogens with zero attached hydrogens (tertiary/aromatic N) is 2. The maximum absolute atomic E-state index is 13.7. The maximum atomic E-state index is 13.7. The lowest BCUT2D eigenvalue weighted by molar-refractivity contribution is -0.141. The smallest absolute Gasteiger partial charge is 0.244 e. The van der Waals surface area contributed by atoms with Crippen molar-refractivity contribution in [3.63, 3.8) is 0 Å². The summed E-state index contributed by atoms with van der Waals surface area (Å²) in [5.74, 6) is -1.05. The minimum Gasteiger partial charge on any atom is -0.350 e. The molecule has 2 amide bonds. The highest BCUT2D eigenvalue weighted by Gasteiger charge is 2.33. The first-order chi connectivity index (χ1) is 16.6. The summed E-state index contributed by atoms with van der Waals surface area (Å²) in [7, 11) is -3.87. The number of ketones is 1. The molecular formula is C27H37N3O5S. The molecule has 2 rings (SSSR count). The van der Waals surface area contributed by atoms with Gasteiger partial charge in [-0.3, -0.25) is 18.7 Å². The molecule has 9 heteroatoms. The van der Waals surface area contributed by atoms with E-state index in [0.717, 1.165) is 21.7 Å². The number of Topliss-reactive ketones (excluding diaryl/α,β-unsaturated/α-hetero) is 1. The van der Waals surface area contributed by atoms with Crippen molar-refractivity contribution in [2.75, 3.05) is 17.1 Å². The minimum atomic E-state index is -3.87. The van der Waals surface area contributed by atoms with Gasteiger partial charge in [-0.15, -0.1) is 0 Å². The maximum Gasteiger partial charge on any atom is 0.244 e. The Morgan fingerprint density at radius 2 is 1.64 bits per heavy atom. The standard InChI is InChI=1S/C27H37N3O5S/c1-8-24(26(33)28-27(4,5)6)29(17-21-14-12-19(2)13-15-21)25(32)18-30(36(7,34)35)23-11-9-10-22(16-23)20(3)31/h9-16,24H,8,17-18H2,1-7H3,(H,28,33)/t24-/m1/s1. The van der Waals surface area contributed by atoms with Crippen molar-refractivity contribution in [3.05, 3.63) is 65.2 Å². The highest BCUT2D eigenvalue weighted by molar-refractivity contribution is 7.92. The van der Waals surface area contributed by atoms with E-state index in [4.69, 9.17) is 0 Å². The van der Waals surface area contributed by atoms with Crippen LogP contribution in [0.3, 0.4) is 0 Å². The van der Waals surface area contributed by atoms with E-state index in [0.29, 0.717) is 12.0 Å². The van der Waals surface area contributed by atoms with Crippen molar-refractivity contribution in [2.24, 2.45) is 0 Å². The molecule has 0 heterocycles. The van der Waals surface area contributed by atoms with Crippen LogP contribution in [0.2, 0.25) is 0 Å². The number of aryl methyl sites for hydroxylation is 1. The lowest BCUT2D eigenvalue weighted by Crippen LogP contribution is -2.55. The fraction of sp³-hybridized carbons (Fsp3) is 0.444. The molecule has 0 radical (unpaired) electrons. The summed E-state index contributed by atoms with van der Waals surface area (Å²) in [6.07, 6.45) is 1.35. The van der Waals surface area contributed by atoms with E-state index in [-0.39, 0.29) is 23.9 Å². The van der Waals surface area contributed by atoms with Crippen LogP contribution in [-0.2, 0) is 26.2 Å². The summed E-state index contributed by atoms with van der Waals surface area (Å²) in [6.45, 7) is 10.4. The third-order valence-corrected chi connectivity index (χ3v) is 6.72. The Morgan fingerprint density at radius 1 is 1.03 bits per heavy atom. The van der Waals surface area contributed by atoms with Crippen molar-refractivity contribution in [2.45, 2.75) is 66.1 Å². The van der Waals surface area contributed by atoms with Crippen molar-refractivity contribution >= 4 is 33.3 Å². The second-order valence-electron chi connectivity index (χ2n) is 10.0. The van der Waals surface area contributed by atoms with Gasteiger partial charge in [0.25, 0.3) is 0 Å². The van der Waals surface area contributed by atoms with Gasteiger partial charge in [-0.2, -0.15) is 0 Å². The average molecular weight is 516 g/mol. The van der Waals surface area contributed by atoms with Crippen LogP contribution in [0, 0.1) is 6.92 Å². The first-order valence-corrected chi connectivity index (χ1v) is 13.7. The van der Waals surface area contributed by atoms with Crippen LogP contribution in [-0.4, -0.2) is 55.3 Å². The molecule has 0 aliphatic rings. The number of hydrogen-bond donors (Lipinski definition) is 1. The van der Waals surface area contributed by atoms with Gasteiger partial charge in [-0.1, -0.05) is 48.9 Å². The molecule has 0 saturated heterocycles. The van der Waals surface area contributed by atoms with Crippen molar-refractivity contribution in [3.8, 4) is 0 Å². The second kappa shape index (κ2) is 11.7. The number of carbonyl (C=O) groups excluding carboxylic acids is 3. The van der Waals surface area contributed by atoms with Crippen LogP contribution >= 0.6 is 0 Å². The van der Waals surface area contributed by atoms with Gasteiger partial charge in [0.15, 0.2) is 5.78 Å². The number of hydrogen-bond acceptors (Lipinski definition) is 5. The molecule has 1 N–H and O–H groups in total. The van der Waals surface area contributed by atoms with Gasteiger partial charge in [0.1, 0.15) is 12.6 Å². The quantitative estimate of drug-likeness (QED) is 0.486. The third-order valence-electron chi connectivity index (χ3n) is 5.58. The monoisotopic (exact) mass is 515 g/mol. The van der Waals surface area contributed by atoms with Crippen molar-refractivity contribution in [1.82, 2.24) is 10.2 Å². The first-order valence-electron chi connectivity index (χ1n) is 11.9. The zero-order valence-corrected chi connectivity index (χ0v) is 23.0. The SMILES string of the molecule is CC[C@H](C(=O)NC(C)(C)C)N(Cc1ccc(C)cc1)C(=O)CN(c1cccc(C(C)=O)c1)S(C)(=O)=O. The van der Waals surface area contributed by atoms with Crippen LogP contribution in [0.25, 0.3) is 0 Å². The summed E-state index contributed by atoms with van der Waals surface area (Å²) in [6, 6.07) is 13.0. The Kier molecular flexibility index (Phi) is 9.43. The molecule has 2 aromatic rings. The molecule has 0 spiro atoms. The summed E-state index contributed by atoms with van der Waals surface area (Å²) in [5.41, 5.74) is 1.92. The molecule has 0 saturated carbocycles. The number of sulfonamides is 1. The molecule has 0 aliphatic heterocycles. The number of nitrogens with one attached hydrogen (secondary N) is 1. The molecule has 196 valence electrons. The minimum absolute atomic E-state index is 0.139. The average Bonchev–Trinajstić information content (AvgIpc) is 2.76. The largest absolute Gasteiger partial charge is 0.350 e. The van der Waals surface area contributed by atoms with Crippen molar-refractivity contribution in [1.29, 1.82) is 0 Å². The molecule has 36 heavy (non-hydrogen) atoms. The van der Waals surface area contributed by atoms with Crippen LogP contribution in [0.15, 0.2) is 48.5 Å². The number of amides is 2. The molecule has 0 aliphatic carbocycles. The summed E-state index contributed by atoms with van der Waals surface area (Å²) in [5, 5.41) is 2.93. The zero-order valence-electron chi connectivity index (χ0n) is 22.2. The molecule has 8 nitrogen and oxygen atoms in total. The van der Waals surface area contributed by atoms with Crippen LogP contribution < -0.4 is 9.62 Å². The summed E-state index contributed by atoms with van der Waals surface area (Å²) < 4.78 is 26.4. The second-order valence-corrected chi connectivity index (χ2v) is 12.0. The van der Waals surface area contributed by atoms with E-state index in [1.165, 1.54) is 24.0 Å². The number of carbonyl (C=O) groups is 3. The Labute approximate surface area is 214 Å². The predicted molar refractivity (Wildman–Crippen MR) is 142 cm³/mol. The van der Waals surface area contributed by atoms with E-state index in [9.17, 15) is 22.8 Å². The molecule has 2 aromatic carbocycles. The molecule has 0 bridgehead atoms. The molecule has 0 fully saturated rings. The topological polar surface area (TPSA) is 104 Å². The van der Waals surface area contributed by atoms with Crippen LogP contribution in [0.1, 0.15) is 62.5 Å². The predicted octanol–water partition coefficient (Wildman–Crippen LogP) is 3.69. The van der Waals surface area contributed by atoms with E-state index in [1.807, 2.05) is 58.9 Å². The first kappa shape index (κ1) is 29.0. The summed E-state index contributed by atoms with van der Waals surface area (Å²) >= 11 is 0. The summed E-state index contributed by atoms with van der Waals surface area (Å²) in [4.78, 5) is 40.2. The van der Waals surface area contributed by atoms with Gasteiger partial charge in [0.05, 0.1) is 11.9 Å². The normalized spacial score (nSPS) is 12.5. The van der Waals surface area contributed by atoms with Gasteiger partial charge in [0, 0.05) is 17.6 Å². The highest BCUT2D eigenvalue weighted by atomic mass is 32.2. The number of benzene rings is 2. The van der Waals surface area contributed by atoms with E-state index >= 15 is 0 Å². The third kappa shape index (κ3) is 8.19. The lowest BCUT2D eigenvalue weighted by atomic mass is 10.1. The van der Waals surface area contributed by atoms with Crippen molar-refractivity contribution < 1.29 is 22.8 Å². The molecule has 1 atom stereocenters. The van der Waals surface area contributed by atoms with Gasteiger partial charge in [-0.25, -0.2) is 8.42 Å². The Hall–Kier alpha value is -3.20. The molecule has 0 unspecified atom stereocenters. The zero-order chi connectivity index (χ0) is 27.3.